The zero-order valence-corrected chi connectivity index (χ0v) is 24.2. The van der Waals surface area contributed by atoms with E-state index in [0.29, 0.717) is 0 Å². The third-order valence-electron chi connectivity index (χ3n) is 7.51. The highest BCUT2D eigenvalue weighted by molar-refractivity contribution is 9.10. The molecular weight excluding hydrogens is 636 g/mol. The number of ether oxygens (including phenoxy) is 2. The summed E-state index contributed by atoms with van der Waals surface area (Å²) in [6.07, 6.45) is -2.65. The van der Waals surface area contributed by atoms with E-state index in [0.717, 1.165) is 11.0 Å². The molecular formula is C31H23BrN4O8. The number of rotatable bonds is 8. The fraction of sp³-hybridized carbons (Fsp3) is 0.161. The third kappa shape index (κ3) is 4.57. The number of carbonyl (C=O) groups excluding carboxylic acids is 3. The lowest BCUT2D eigenvalue weighted by molar-refractivity contribution is -0.107. The normalized spacial score (nSPS) is 23.0. The van der Waals surface area contributed by atoms with Gasteiger partial charge in [0, 0.05) is 11.1 Å². The van der Waals surface area contributed by atoms with Gasteiger partial charge in [-0.25, -0.2) is 14.5 Å². The van der Waals surface area contributed by atoms with E-state index in [1.54, 1.807) is 54.6 Å². The summed E-state index contributed by atoms with van der Waals surface area (Å²) < 4.78 is 12.5. The van der Waals surface area contributed by atoms with E-state index >= 15 is 0 Å². The first kappa shape index (κ1) is 29.3. The fourth-order valence-electron chi connectivity index (χ4n) is 5.32. The predicted molar refractivity (Wildman–Crippen MR) is 158 cm³/mol. The number of hydrogen-bond donors (Lipinski definition) is 3. The summed E-state index contributed by atoms with van der Waals surface area (Å²) in [5, 5.41) is 29.3. The van der Waals surface area contributed by atoms with Crippen molar-refractivity contribution in [3.8, 4) is 0 Å². The van der Waals surface area contributed by atoms with Crippen molar-refractivity contribution in [3.05, 3.63) is 129 Å². The SMILES string of the molecule is O=C(OC[C@@H]1O[C@H](n2nc(Br)c3c(=O)[nH]cnc32)[C@](O)(C(=O)c2ccccc2)[C@]1(O)C(=O)c1ccccc1)c1ccccc1. The molecule has 12 nitrogen and oxygen atoms in total. The lowest BCUT2D eigenvalue weighted by atomic mass is 9.71. The largest absolute Gasteiger partial charge is 0.459 e. The number of esters is 1. The number of halogens is 1. The van der Waals surface area contributed by atoms with E-state index in [-0.39, 0.29) is 32.3 Å². The number of ketones is 2. The Bertz CT molecular complexity index is 1930. The molecule has 6 rings (SSSR count). The molecule has 44 heavy (non-hydrogen) atoms. The molecule has 13 heteroatoms. The molecule has 0 bridgehead atoms. The van der Waals surface area contributed by atoms with Crippen molar-refractivity contribution in [1.29, 1.82) is 0 Å². The Hall–Kier alpha value is -4.82. The number of aromatic amines is 1. The fourth-order valence-corrected chi connectivity index (χ4v) is 5.85. The van der Waals surface area contributed by atoms with Crippen molar-refractivity contribution in [2.45, 2.75) is 23.5 Å². The molecule has 1 aliphatic heterocycles. The molecule has 0 amide bonds. The molecule has 4 atom stereocenters. The van der Waals surface area contributed by atoms with Crippen LogP contribution in [-0.4, -0.2) is 71.4 Å². The molecule has 5 aromatic rings. The first-order chi connectivity index (χ1) is 21.2. The maximum atomic E-state index is 14.3. The van der Waals surface area contributed by atoms with Gasteiger partial charge in [-0.1, -0.05) is 78.9 Å². The van der Waals surface area contributed by atoms with E-state index in [4.69, 9.17) is 9.47 Å². The number of benzene rings is 3. The van der Waals surface area contributed by atoms with Crippen molar-refractivity contribution in [3.63, 3.8) is 0 Å². The summed E-state index contributed by atoms with van der Waals surface area (Å²) in [6, 6.07) is 23.0. The average Bonchev–Trinajstić information content (AvgIpc) is 3.52. The molecule has 3 N–H and O–H groups in total. The molecule has 3 heterocycles. The molecule has 1 aliphatic rings. The Morgan fingerprint density at radius 1 is 0.864 bits per heavy atom. The number of aromatic nitrogens is 4. The van der Waals surface area contributed by atoms with Crippen molar-refractivity contribution >= 4 is 44.5 Å². The van der Waals surface area contributed by atoms with Gasteiger partial charge in [-0.3, -0.25) is 14.4 Å². The molecule has 0 saturated carbocycles. The molecule has 0 spiro atoms. The van der Waals surface area contributed by atoms with Gasteiger partial charge >= 0.3 is 5.97 Å². The molecule has 0 radical (unpaired) electrons. The second-order valence-corrected chi connectivity index (χ2v) is 10.8. The minimum Gasteiger partial charge on any atom is -0.459 e. The van der Waals surface area contributed by atoms with Gasteiger partial charge in [0.15, 0.2) is 17.5 Å². The van der Waals surface area contributed by atoms with Crippen molar-refractivity contribution < 1.29 is 34.1 Å². The van der Waals surface area contributed by atoms with E-state index in [9.17, 15) is 29.4 Å². The summed E-state index contributed by atoms with van der Waals surface area (Å²) in [4.78, 5) is 60.7. The molecule has 3 aromatic carbocycles. The van der Waals surface area contributed by atoms with E-state index in [1.807, 2.05) is 0 Å². The molecule has 0 unspecified atom stereocenters. The minimum absolute atomic E-state index is 0.00292. The highest BCUT2D eigenvalue weighted by Gasteiger charge is 2.74. The number of aliphatic hydroxyl groups is 2. The molecule has 0 aliphatic carbocycles. The number of Topliss-reactive ketones (excluding diaryl/α,β-unsaturated/α-hetero) is 2. The molecule has 2 aromatic heterocycles. The Morgan fingerprint density at radius 2 is 1.39 bits per heavy atom. The van der Waals surface area contributed by atoms with Crippen molar-refractivity contribution in [1.82, 2.24) is 19.7 Å². The standard InChI is InChI=1S/C31H23BrN4O8/c32-25-22-26(33-17-34-27(22)39)36(35-25)29-31(42,24(38)19-12-6-2-7-13-19)30(41,23(37)18-10-4-1-5-11-18)21(44-29)16-43-28(40)20-14-8-3-9-15-20/h1-15,17,21,29,41-42H,16H2,(H,33,34,39)/t21-,29-,30+,31+/m0/s1. The second kappa shape index (κ2) is 11.4. The predicted octanol–water partition coefficient (Wildman–Crippen LogP) is 2.86. The van der Waals surface area contributed by atoms with E-state index in [1.165, 1.54) is 36.4 Å². The Labute approximate surface area is 257 Å². The summed E-state index contributed by atoms with van der Waals surface area (Å²) >= 11 is 3.21. The number of nitrogens with one attached hydrogen (secondary N) is 1. The van der Waals surface area contributed by atoms with Crippen LogP contribution >= 0.6 is 15.9 Å². The zero-order valence-electron chi connectivity index (χ0n) is 22.7. The summed E-state index contributed by atoms with van der Waals surface area (Å²) in [6.45, 7) is -0.752. The highest BCUT2D eigenvalue weighted by atomic mass is 79.9. The minimum atomic E-state index is -3.09. The van der Waals surface area contributed by atoms with E-state index < -0.39 is 53.2 Å². The van der Waals surface area contributed by atoms with Crippen molar-refractivity contribution in [2.75, 3.05) is 6.61 Å². The van der Waals surface area contributed by atoms with Crippen LogP contribution in [0.3, 0.4) is 0 Å². The van der Waals surface area contributed by atoms with Gasteiger partial charge < -0.3 is 24.7 Å². The lowest BCUT2D eigenvalue weighted by Crippen LogP contribution is -2.67. The van der Waals surface area contributed by atoms with E-state index in [2.05, 4.69) is 31.0 Å². The van der Waals surface area contributed by atoms with Crippen LogP contribution in [0.25, 0.3) is 11.0 Å². The maximum Gasteiger partial charge on any atom is 0.338 e. The summed E-state index contributed by atoms with van der Waals surface area (Å²) in [5.74, 6) is -2.96. The monoisotopic (exact) mass is 658 g/mol. The van der Waals surface area contributed by atoms with Gasteiger partial charge in [-0.15, -0.1) is 0 Å². The van der Waals surface area contributed by atoms with Crippen LogP contribution < -0.4 is 5.56 Å². The third-order valence-corrected chi connectivity index (χ3v) is 8.07. The Morgan fingerprint density at radius 3 is 1.95 bits per heavy atom. The van der Waals surface area contributed by atoms with Crippen LogP contribution in [0.1, 0.15) is 37.3 Å². The number of carbonyl (C=O) groups is 3. The number of hydrogen-bond acceptors (Lipinski definition) is 10. The Kier molecular flexibility index (Phi) is 7.55. The van der Waals surface area contributed by atoms with Gasteiger partial charge in [0.2, 0.25) is 17.2 Å². The molecule has 222 valence electrons. The zero-order chi connectivity index (χ0) is 31.1. The smallest absolute Gasteiger partial charge is 0.338 e. The van der Waals surface area contributed by atoms with Crippen LogP contribution in [0.5, 0.6) is 0 Å². The van der Waals surface area contributed by atoms with Crippen LogP contribution in [0.4, 0.5) is 0 Å². The van der Waals surface area contributed by atoms with Gasteiger partial charge in [0.25, 0.3) is 5.56 Å². The van der Waals surface area contributed by atoms with Gasteiger partial charge in [0.05, 0.1) is 11.9 Å². The first-order valence-electron chi connectivity index (χ1n) is 13.3. The van der Waals surface area contributed by atoms with Crippen LogP contribution in [0.2, 0.25) is 0 Å². The Balaban J connectivity index is 1.55. The highest BCUT2D eigenvalue weighted by Crippen LogP contribution is 2.50. The van der Waals surface area contributed by atoms with Crippen LogP contribution in [0.15, 0.2) is 107 Å². The quantitative estimate of drug-likeness (QED) is 0.166. The summed E-state index contributed by atoms with van der Waals surface area (Å²) in [7, 11) is 0. The number of fused-ring (bicyclic) bond motifs is 1. The van der Waals surface area contributed by atoms with Gasteiger partial charge in [0.1, 0.15) is 22.7 Å². The average molecular weight is 659 g/mol. The van der Waals surface area contributed by atoms with Crippen molar-refractivity contribution in [2.24, 2.45) is 0 Å². The van der Waals surface area contributed by atoms with Gasteiger partial charge in [-0.2, -0.15) is 5.10 Å². The molecule has 1 fully saturated rings. The molecule has 1 saturated heterocycles. The van der Waals surface area contributed by atoms with Gasteiger partial charge in [-0.05, 0) is 28.1 Å². The maximum absolute atomic E-state index is 14.3. The van der Waals surface area contributed by atoms with Crippen LogP contribution in [-0.2, 0) is 9.47 Å². The first-order valence-corrected chi connectivity index (χ1v) is 14.1. The number of H-pyrrole nitrogens is 1. The second-order valence-electron chi connectivity index (χ2n) is 10.0. The topological polar surface area (TPSA) is 174 Å². The number of nitrogens with zero attached hydrogens (tertiary/aromatic N) is 3. The summed E-state index contributed by atoms with van der Waals surface area (Å²) in [5.41, 5.74) is -6.79. The van der Waals surface area contributed by atoms with Crippen LogP contribution in [0, 0.1) is 0 Å². The lowest BCUT2D eigenvalue weighted by Gasteiger charge is -2.38.